The highest BCUT2D eigenvalue weighted by Crippen LogP contribution is 2.26. The molecular weight excluding hydrogens is 142 g/mol. The van der Waals surface area contributed by atoms with E-state index >= 15 is 0 Å². The summed E-state index contributed by atoms with van der Waals surface area (Å²) in [5.74, 6) is 0.0400. The van der Waals surface area contributed by atoms with E-state index in [0.717, 1.165) is 19.8 Å². The average molecular weight is 159 g/mol. The Morgan fingerprint density at radius 3 is 2.45 bits per heavy atom. The molecule has 0 aromatic heterocycles. The van der Waals surface area contributed by atoms with Gasteiger partial charge in [0, 0.05) is 12.5 Å². The van der Waals surface area contributed by atoms with Crippen molar-refractivity contribution in [2.75, 3.05) is 26.8 Å². The molecule has 1 aliphatic rings. The van der Waals surface area contributed by atoms with E-state index in [4.69, 9.17) is 9.47 Å². The fourth-order valence-corrected chi connectivity index (χ4v) is 1.31. The van der Waals surface area contributed by atoms with Crippen LogP contribution in [0.25, 0.3) is 0 Å². The number of ether oxygens (including phenoxy) is 2. The maximum Gasteiger partial charge on any atom is 0.169 e. The van der Waals surface area contributed by atoms with Gasteiger partial charge in [-0.15, -0.1) is 0 Å². The van der Waals surface area contributed by atoms with Crippen LogP contribution in [-0.4, -0.2) is 32.6 Å². The van der Waals surface area contributed by atoms with Gasteiger partial charge in [0.05, 0.1) is 13.2 Å². The van der Waals surface area contributed by atoms with Crippen LogP contribution < -0.4 is 5.32 Å². The molecule has 1 unspecified atom stereocenters. The zero-order valence-electron chi connectivity index (χ0n) is 7.52. The Kier molecular flexibility index (Phi) is 2.87. The van der Waals surface area contributed by atoms with Gasteiger partial charge >= 0.3 is 0 Å². The lowest BCUT2D eigenvalue weighted by molar-refractivity contribution is -0.175. The van der Waals surface area contributed by atoms with Crippen LogP contribution >= 0.6 is 0 Å². The molecule has 1 atom stereocenters. The lowest BCUT2D eigenvalue weighted by atomic mass is 10.0. The van der Waals surface area contributed by atoms with E-state index < -0.39 is 0 Å². The van der Waals surface area contributed by atoms with Crippen LogP contribution in [0.1, 0.15) is 13.8 Å². The van der Waals surface area contributed by atoms with E-state index in [2.05, 4.69) is 12.2 Å². The molecule has 3 heteroatoms. The smallest absolute Gasteiger partial charge is 0.169 e. The van der Waals surface area contributed by atoms with Gasteiger partial charge < -0.3 is 14.8 Å². The number of hydrogen-bond acceptors (Lipinski definition) is 3. The average Bonchev–Trinajstić information content (AvgIpc) is 2.38. The Hall–Kier alpha value is -0.120. The monoisotopic (exact) mass is 159 g/mol. The number of hydrogen-bond donors (Lipinski definition) is 1. The molecule has 0 bridgehead atoms. The van der Waals surface area contributed by atoms with Crippen molar-refractivity contribution in [1.29, 1.82) is 0 Å². The second-order valence-electron chi connectivity index (χ2n) is 3.17. The van der Waals surface area contributed by atoms with Gasteiger partial charge in [-0.2, -0.15) is 0 Å². The quantitative estimate of drug-likeness (QED) is 0.654. The Morgan fingerprint density at radius 1 is 1.45 bits per heavy atom. The second-order valence-corrected chi connectivity index (χ2v) is 3.17. The summed E-state index contributed by atoms with van der Waals surface area (Å²) in [5, 5.41) is 3.11. The maximum atomic E-state index is 5.49. The summed E-state index contributed by atoms with van der Waals surface area (Å²) < 4.78 is 11.0. The minimum Gasteiger partial charge on any atom is -0.347 e. The van der Waals surface area contributed by atoms with Crippen molar-refractivity contribution in [3.8, 4) is 0 Å². The van der Waals surface area contributed by atoms with Crippen molar-refractivity contribution in [3.05, 3.63) is 0 Å². The lowest BCUT2D eigenvalue weighted by Crippen LogP contribution is -2.39. The molecule has 1 N–H and O–H groups in total. The second kappa shape index (κ2) is 3.52. The van der Waals surface area contributed by atoms with E-state index in [0.29, 0.717) is 5.92 Å². The SMILES string of the molecule is CNCC(C)C1(C)OCCO1. The molecule has 1 heterocycles. The topological polar surface area (TPSA) is 30.5 Å². The summed E-state index contributed by atoms with van der Waals surface area (Å²) in [4.78, 5) is 0. The molecule has 0 aromatic rings. The molecule has 1 fully saturated rings. The molecule has 3 nitrogen and oxygen atoms in total. The first-order valence-electron chi connectivity index (χ1n) is 4.11. The van der Waals surface area contributed by atoms with Crippen LogP contribution in [0.4, 0.5) is 0 Å². The summed E-state index contributed by atoms with van der Waals surface area (Å²) in [5.41, 5.74) is 0. The fourth-order valence-electron chi connectivity index (χ4n) is 1.31. The summed E-state index contributed by atoms with van der Waals surface area (Å²) in [6, 6.07) is 0. The van der Waals surface area contributed by atoms with Crippen LogP contribution in [0, 0.1) is 5.92 Å². The van der Waals surface area contributed by atoms with Gasteiger partial charge in [-0.3, -0.25) is 0 Å². The van der Waals surface area contributed by atoms with Crippen LogP contribution in [0.15, 0.2) is 0 Å². The highest BCUT2D eigenvalue weighted by Gasteiger charge is 2.36. The maximum absolute atomic E-state index is 5.49. The lowest BCUT2D eigenvalue weighted by Gasteiger charge is -2.29. The highest BCUT2D eigenvalue weighted by molar-refractivity contribution is 4.76. The van der Waals surface area contributed by atoms with Crippen molar-refractivity contribution in [1.82, 2.24) is 5.32 Å². The normalized spacial score (nSPS) is 25.4. The van der Waals surface area contributed by atoms with Crippen molar-refractivity contribution in [3.63, 3.8) is 0 Å². The predicted molar refractivity (Wildman–Crippen MR) is 43.4 cm³/mol. The summed E-state index contributed by atoms with van der Waals surface area (Å²) in [6.45, 7) is 6.51. The largest absolute Gasteiger partial charge is 0.347 e. The Morgan fingerprint density at radius 2 is 2.00 bits per heavy atom. The number of nitrogens with one attached hydrogen (secondary N) is 1. The zero-order chi connectivity index (χ0) is 8.32. The Labute approximate surface area is 68.1 Å². The first-order valence-corrected chi connectivity index (χ1v) is 4.11. The standard InChI is InChI=1S/C8H17NO2/c1-7(6-9-3)8(2)10-4-5-11-8/h7,9H,4-6H2,1-3H3. The van der Waals surface area contributed by atoms with E-state index in [1.54, 1.807) is 0 Å². The Bertz CT molecular complexity index is 121. The molecule has 66 valence electrons. The van der Waals surface area contributed by atoms with Crippen molar-refractivity contribution < 1.29 is 9.47 Å². The van der Waals surface area contributed by atoms with E-state index in [1.165, 1.54) is 0 Å². The van der Waals surface area contributed by atoms with E-state index in [9.17, 15) is 0 Å². The third-order valence-corrected chi connectivity index (χ3v) is 2.27. The van der Waals surface area contributed by atoms with Gasteiger partial charge in [0.25, 0.3) is 0 Å². The fraction of sp³-hybridized carbons (Fsp3) is 1.00. The molecule has 1 rings (SSSR count). The zero-order valence-corrected chi connectivity index (χ0v) is 7.52. The highest BCUT2D eigenvalue weighted by atomic mass is 16.7. The molecule has 0 saturated carbocycles. The molecule has 0 aromatic carbocycles. The molecule has 1 aliphatic heterocycles. The minimum atomic E-state index is -0.358. The van der Waals surface area contributed by atoms with Gasteiger partial charge in [0.2, 0.25) is 0 Å². The molecule has 11 heavy (non-hydrogen) atoms. The van der Waals surface area contributed by atoms with Crippen molar-refractivity contribution >= 4 is 0 Å². The molecule has 0 amide bonds. The van der Waals surface area contributed by atoms with Gasteiger partial charge in [0.15, 0.2) is 5.79 Å². The molecule has 0 aliphatic carbocycles. The third-order valence-electron chi connectivity index (χ3n) is 2.27. The number of rotatable bonds is 3. The molecular formula is C8H17NO2. The minimum absolute atomic E-state index is 0.358. The van der Waals surface area contributed by atoms with Gasteiger partial charge in [-0.05, 0) is 14.0 Å². The van der Waals surface area contributed by atoms with Crippen molar-refractivity contribution in [2.45, 2.75) is 19.6 Å². The van der Waals surface area contributed by atoms with Crippen LogP contribution in [0.2, 0.25) is 0 Å². The van der Waals surface area contributed by atoms with E-state index in [-0.39, 0.29) is 5.79 Å². The molecule has 0 spiro atoms. The summed E-state index contributed by atoms with van der Waals surface area (Å²) in [7, 11) is 1.94. The van der Waals surface area contributed by atoms with Gasteiger partial charge in [-0.1, -0.05) is 6.92 Å². The summed E-state index contributed by atoms with van der Waals surface area (Å²) >= 11 is 0. The Balaban J connectivity index is 2.42. The summed E-state index contributed by atoms with van der Waals surface area (Å²) in [6.07, 6.45) is 0. The first kappa shape index (κ1) is 8.97. The molecule has 1 saturated heterocycles. The van der Waals surface area contributed by atoms with Gasteiger partial charge in [0.1, 0.15) is 0 Å². The molecule has 0 radical (unpaired) electrons. The van der Waals surface area contributed by atoms with Crippen LogP contribution in [0.3, 0.4) is 0 Å². The van der Waals surface area contributed by atoms with Crippen LogP contribution in [0.5, 0.6) is 0 Å². The van der Waals surface area contributed by atoms with Crippen molar-refractivity contribution in [2.24, 2.45) is 5.92 Å². The van der Waals surface area contributed by atoms with E-state index in [1.807, 2.05) is 14.0 Å². The van der Waals surface area contributed by atoms with Gasteiger partial charge in [-0.25, -0.2) is 0 Å². The third kappa shape index (κ3) is 1.92. The predicted octanol–water partition coefficient (Wildman–Crippen LogP) is 0.605. The van der Waals surface area contributed by atoms with Crippen LogP contribution in [-0.2, 0) is 9.47 Å². The first-order chi connectivity index (χ1) is 5.19.